The molecule has 0 aromatic carbocycles. The first kappa shape index (κ1) is 19.9. The molecule has 0 fully saturated rings. The van der Waals surface area contributed by atoms with Crippen LogP contribution in [0.4, 0.5) is 0 Å². The van der Waals surface area contributed by atoms with Gasteiger partial charge in [0.1, 0.15) is 5.78 Å². The maximum absolute atomic E-state index is 11.6. The van der Waals surface area contributed by atoms with Gasteiger partial charge in [0.15, 0.2) is 0 Å². The predicted molar refractivity (Wildman–Crippen MR) is 87.5 cm³/mol. The molecule has 0 aromatic heterocycles. The SMILES string of the molecule is CCCCC/C=C/CCC(=O)CCCCCCCC(=O)O. The summed E-state index contributed by atoms with van der Waals surface area (Å²) in [5.41, 5.74) is 0. The van der Waals surface area contributed by atoms with Crippen molar-refractivity contribution in [2.45, 2.75) is 90.4 Å². The van der Waals surface area contributed by atoms with E-state index in [0.29, 0.717) is 18.6 Å². The minimum Gasteiger partial charge on any atom is -0.481 e. The van der Waals surface area contributed by atoms with Gasteiger partial charge >= 0.3 is 5.97 Å². The van der Waals surface area contributed by atoms with E-state index in [1.54, 1.807) is 0 Å². The lowest BCUT2D eigenvalue weighted by molar-refractivity contribution is -0.137. The molecule has 3 nitrogen and oxygen atoms in total. The zero-order valence-corrected chi connectivity index (χ0v) is 13.6. The average Bonchev–Trinajstić information content (AvgIpc) is 2.45. The number of aliphatic carboxylic acids is 1. The number of carboxylic acid groups (broad SMARTS) is 1. The van der Waals surface area contributed by atoms with E-state index in [4.69, 9.17) is 5.11 Å². The summed E-state index contributed by atoms with van der Waals surface area (Å²) < 4.78 is 0. The number of carbonyl (C=O) groups is 2. The van der Waals surface area contributed by atoms with E-state index in [1.165, 1.54) is 19.3 Å². The van der Waals surface area contributed by atoms with Gasteiger partial charge in [0, 0.05) is 19.3 Å². The number of unbranched alkanes of at least 4 members (excludes halogenated alkanes) is 7. The molecule has 122 valence electrons. The Balaban J connectivity index is 3.29. The first-order chi connectivity index (χ1) is 10.2. The monoisotopic (exact) mass is 296 g/mol. The molecule has 0 saturated carbocycles. The molecule has 0 aliphatic heterocycles. The van der Waals surface area contributed by atoms with Crippen LogP contribution in [0.25, 0.3) is 0 Å². The summed E-state index contributed by atoms with van der Waals surface area (Å²) >= 11 is 0. The molecular weight excluding hydrogens is 264 g/mol. The van der Waals surface area contributed by atoms with E-state index >= 15 is 0 Å². The number of hydrogen-bond acceptors (Lipinski definition) is 2. The highest BCUT2D eigenvalue weighted by Gasteiger charge is 2.01. The molecule has 0 spiro atoms. The van der Waals surface area contributed by atoms with Gasteiger partial charge in [0.2, 0.25) is 0 Å². The molecule has 0 heterocycles. The number of carbonyl (C=O) groups excluding carboxylic acids is 1. The molecule has 0 unspecified atom stereocenters. The molecule has 0 saturated heterocycles. The quantitative estimate of drug-likeness (QED) is 0.330. The zero-order chi connectivity index (χ0) is 15.8. The lowest BCUT2D eigenvalue weighted by atomic mass is 10.1. The number of hydrogen-bond donors (Lipinski definition) is 1. The maximum atomic E-state index is 11.6. The average molecular weight is 296 g/mol. The number of rotatable bonds is 15. The lowest BCUT2D eigenvalue weighted by Crippen LogP contribution is -1.97. The first-order valence-corrected chi connectivity index (χ1v) is 8.55. The second kappa shape index (κ2) is 15.3. The van der Waals surface area contributed by atoms with Crippen molar-refractivity contribution in [1.82, 2.24) is 0 Å². The predicted octanol–water partition coefficient (Wildman–Crippen LogP) is 5.29. The molecular formula is C18H32O3. The summed E-state index contributed by atoms with van der Waals surface area (Å²) in [6.07, 6.45) is 16.5. The van der Waals surface area contributed by atoms with Crippen LogP contribution in [0.1, 0.15) is 90.4 Å². The van der Waals surface area contributed by atoms with Gasteiger partial charge in [-0.05, 0) is 32.1 Å². The van der Waals surface area contributed by atoms with E-state index in [9.17, 15) is 9.59 Å². The standard InChI is InChI=1S/C18H32O3/c1-2-3-4-5-6-8-11-14-17(19)15-12-9-7-10-13-16-18(20)21/h6,8H,2-5,7,9-16H2,1H3,(H,20,21)/b8-6+. The molecule has 0 aliphatic rings. The maximum Gasteiger partial charge on any atom is 0.303 e. The van der Waals surface area contributed by atoms with Crippen LogP contribution in [0, 0.1) is 0 Å². The van der Waals surface area contributed by atoms with Gasteiger partial charge in [-0.1, -0.05) is 51.2 Å². The summed E-state index contributed by atoms with van der Waals surface area (Å²) in [7, 11) is 0. The van der Waals surface area contributed by atoms with Gasteiger partial charge in [-0.25, -0.2) is 0 Å². The molecule has 3 heteroatoms. The summed E-state index contributed by atoms with van der Waals surface area (Å²) in [5, 5.41) is 8.50. The van der Waals surface area contributed by atoms with Gasteiger partial charge in [-0.15, -0.1) is 0 Å². The number of carboxylic acids is 1. The van der Waals surface area contributed by atoms with Gasteiger partial charge in [0.25, 0.3) is 0 Å². The Morgan fingerprint density at radius 2 is 1.38 bits per heavy atom. The fourth-order valence-corrected chi connectivity index (χ4v) is 2.25. The van der Waals surface area contributed by atoms with Gasteiger partial charge < -0.3 is 5.11 Å². The van der Waals surface area contributed by atoms with Crippen LogP contribution in [0.5, 0.6) is 0 Å². The summed E-state index contributed by atoms with van der Waals surface area (Å²) in [5.74, 6) is -0.355. The van der Waals surface area contributed by atoms with E-state index in [1.807, 2.05) is 0 Å². The van der Waals surface area contributed by atoms with Crippen LogP contribution in [0.2, 0.25) is 0 Å². The van der Waals surface area contributed by atoms with Crippen LogP contribution in [-0.4, -0.2) is 16.9 Å². The number of Topliss-reactive ketones (excluding diaryl/α,β-unsaturated/α-hetero) is 1. The van der Waals surface area contributed by atoms with Gasteiger partial charge in [0.05, 0.1) is 0 Å². The minimum absolute atomic E-state index is 0.267. The van der Waals surface area contributed by atoms with Gasteiger partial charge in [-0.2, -0.15) is 0 Å². The van der Waals surface area contributed by atoms with Crippen LogP contribution >= 0.6 is 0 Å². The second-order valence-electron chi connectivity index (χ2n) is 5.71. The van der Waals surface area contributed by atoms with Crippen LogP contribution < -0.4 is 0 Å². The molecule has 0 radical (unpaired) electrons. The third kappa shape index (κ3) is 16.8. The Kier molecular flexibility index (Phi) is 14.5. The Morgan fingerprint density at radius 3 is 2.05 bits per heavy atom. The second-order valence-corrected chi connectivity index (χ2v) is 5.71. The van der Waals surface area contributed by atoms with Crippen LogP contribution in [0.15, 0.2) is 12.2 Å². The van der Waals surface area contributed by atoms with E-state index in [0.717, 1.165) is 44.9 Å². The number of ketones is 1. The molecule has 0 atom stereocenters. The summed E-state index contributed by atoms with van der Waals surface area (Å²) in [6.45, 7) is 2.20. The molecule has 0 aromatic rings. The molecule has 21 heavy (non-hydrogen) atoms. The van der Waals surface area contributed by atoms with Gasteiger partial charge in [-0.3, -0.25) is 9.59 Å². The Hall–Kier alpha value is -1.12. The van der Waals surface area contributed by atoms with Crippen molar-refractivity contribution < 1.29 is 14.7 Å². The van der Waals surface area contributed by atoms with Crippen molar-refractivity contribution in [2.75, 3.05) is 0 Å². The smallest absolute Gasteiger partial charge is 0.303 e. The number of allylic oxidation sites excluding steroid dienone is 2. The van der Waals surface area contributed by atoms with Crippen molar-refractivity contribution in [2.24, 2.45) is 0 Å². The highest BCUT2D eigenvalue weighted by molar-refractivity contribution is 5.78. The Labute approximate surface area is 129 Å². The normalized spacial score (nSPS) is 11.1. The Morgan fingerprint density at radius 1 is 0.762 bits per heavy atom. The fraction of sp³-hybridized carbons (Fsp3) is 0.778. The topological polar surface area (TPSA) is 54.4 Å². The zero-order valence-electron chi connectivity index (χ0n) is 13.6. The summed E-state index contributed by atoms with van der Waals surface area (Å²) in [6, 6.07) is 0. The van der Waals surface area contributed by atoms with Crippen molar-refractivity contribution in [1.29, 1.82) is 0 Å². The van der Waals surface area contributed by atoms with Crippen molar-refractivity contribution in [3.63, 3.8) is 0 Å². The third-order valence-corrected chi connectivity index (χ3v) is 3.58. The lowest BCUT2D eigenvalue weighted by Gasteiger charge is -2.00. The largest absolute Gasteiger partial charge is 0.481 e. The first-order valence-electron chi connectivity index (χ1n) is 8.55. The van der Waals surface area contributed by atoms with Crippen molar-refractivity contribution in [3.8, 4) is 0 Å². The molecule has 0 aliphatic carbocycles. The van der Waals surface area contributed by atoms with E-state index < -0.39 is 5.97 Å². The van der Waals surface area contributed by atoms with E-state index in [-0.39, 0.29) is 6.42 Å². The van der Waals surface area contributed by atoms with Crippen LogP contribution in [-0.2, 0) is 9.59 Å². The highest BCUT2D eigenvalue weighted by atomic mass is 16.4. The van der Waals surface area contributed by atoms with Crippen LogP contribution in [0.3, 0.4) is 0 Å². The molecule has 1 N–H and O–H groups in total. The molecule has 0 amide bonds. The minimum atomic E-state index is -0.715. The van der Waals surface area contributed by atoms with Crippen molar-refractivity contribution >= 4 is 11.8 Å². The molecule has 0 rings (SSSR count). The molecule has 0 bridgehead atoms. The summed E-state index contributed by atoms with van der Waals surface area (Å²) in [4.78, 5) is 22.0. The highest BCUT2D eigenvalue weighted by Crippen LogP contribution is 2.09. The van der Waals surface area contributed by atoms with Crippen molar-refractivity contribution in [3.05, 3.63) is 12.2 Å². The van der Waals surface area contributed by atoms with E-state index in [2.05, 4.69) is 19.1 Å². The fourth-order valence-electron chi connectivity index (χ4n) is 2.25. The Bertz CT molecular complexity index is 295. The third-order valence-electron chi connectivity index (χ3n) is 3.58.